The zero-order chi connectivity index (χ0) is 22.1. The van der Waals surface area contributed by atoms with Crippen molar-refractivity contribution in [3.8, 4) is 11.3 Å². The van der Waals surface area contributed by atoms with Crippen LogP contribution in [0.2, 0.25) is 5.02 Å². The van der Waals surface area contributed by atoms with E-state index in [9.17, 15) is 4.79 Å². The number of hydrogen-bond donors (Lipinski definition) is 2. The maximum absolute atomic E-state index is 11.8. The molecule has 5 rings (SSSR count). The normalized spacial score (nSPS) is 13.3. The molecule has 1 saturated carbocycles. The predicted molar refractivity (Wildman–Crippen MR) is 129 cm³/mol. The molecule has 2 heterocycles. The molecule has 4 aromatic rings. The number of nitrogens with zero attached hydrogens (tertiary/aromatic N) is 3. The van der Waals surface area contributed by atoms with Gasteiger partial charge in [-0.1, -0.05) is 54.1 Å². The summed E-state index contributed by atoms with van der Waals surface area (Å²) in [6, 6.07) is 17.8. The Bertz CT molecular complexity index is 1280. The maximum Gasteiger partial charge on any atom is 0.223 e. The van der Waals surface area contributed by atoms with Crippen molar-refractivity contribution in [2.45, 2.75) is 25.9 Å². The molecule has 0 unspecified atom stereocenters. The Morgan fingerprint density at radius 3 is 2.53 bits per heavy atom. The van der Waals surface area contributed by atoms with Crippen LogP contribution in [0, 0.1) is 5.92 Å². The van der Waals surface area contributed by atoms with Crippen LogP contribution in [0.3, 0.4) is 0 Å². The van der Waals surface area contributed by atoms with E-state index < -0.39 is 0 Å². The van der Waals surface area contributed by atoms with Crippen molar-refractivity contribution in [2.75, 3.05) is 5.32 Å². The molecule has 0 spiro atoms. The third-order valence-corrected chi connectivity index (χ3v) is 6.38. The number of fused-ring (bicyclic) bond motifs is 1. The van der Waals surface area contributed by atoms with Gasteiger partial charge in [0.15, 0.2) is 5.65 Å². The van der Waals surface area contributed by atoms with Gasteiger partial charge >= 0.3 is 0 Å². The van der Waals surface area contributed by atoms with E-state index in [-0.39, 0.29) is 11.8 Å². The molecular formula is C24H21BrClN5O. The van der Waals surface area contributed by atoms with Crippen molar-refractivity contribution in [3.05, 3.63) is 81.4 Å². The molecule has 0 atom stereocenters. The summed E-state index contributed by atoms with van der Waals surface area (Å²) >= 11 is 9.94. The molecular weight excluding hydrogens is 490 g/mol. The van der Waals surface area contributed by atoms with Gasteiger partial charge in [-0.25, -0.2) is 4.98 Å². The molecule has 1 fully saturated rings. The smallest absolute Gasteiger partial charge is 0.223 e. The number of nitrogens with one attached hydrogen (secondary N) is 2. The molecule has 2 aromatic heterocycles. The van der Waals surface area contributed by atoms with E-state index in [0.717, 1.165) is 45.5 Å². The van der Waals surface area contributed by atoms with Crippen LogP contribution >= 0.6 is 27.5 Å². The molecule has 2 N–H and O–H groups in total. The molecule has 2 aromatic carbocycles. The average Bonchev–Trinajstić information content (AvgIpc) is 3.60. The number of amides is 1. The van der Waals surface area contributed by atoms with E-state index in [0.29, 0.717) is 23.8 Å². The van der Waals surface area contributed by atoms with Crippen LogP contribution in [0.15, 0.2) is 65.3 Å². The van der Waals surface area contributed by atoms with Crippen LogP contribution in [0.5, 0.6) is 0 Å². The molecule has 8 heteroatoms. The number of carbonyl (C=O) groups excluding carboxylic acids is 1. The lowest BCUT2D eigenvalue weighted by atomic mass is 10.1. The van der Waals surface area contributed by atoms with Crippen molar-refractivity contribution in [2.24, 2.45) is 5.92 Å². The van der Waals surface area contributed by atoms with Crippen LogP contribution in [0.1, 0.15) is 24.0 Å². The molecule has 0 saturated heterocycles. The van der Waals surface area contributed by atoms with Crippen LogP contribution in [-0.2, 0) is 17.9 Å². The number of carbonyl (C=O) groups is 1. The zero-order valence-corrected chi connectivity index (χ0v) is 19.5. The third-order valence-electron chi connectivity index (χ3n) is 5.49. The second-order valence-electron chi connectivity index (χ2n) is 7.90. The standard InChI is InChI=1S/C24H21BrClN5O/c25-19-14-29-31-22(11-21(30-23(19)31)18-3-1-2-4-20(18)26)27-12-15-5-7-16(8-6-15)13-28-24(32)17-9-10-17/h1-8,11,14,17,27H,9-10,12-13H2,(H,28,32). The average molecular weight is 511 g/mol. The second kappa shape index (κ2) is 8.92. The zero-order valence-electron chi connectivity index (χ0n) is 17.2. The minimum absolute atomic E-state index is 0.164. The van der Waals surface area contributed by atoms with Gasteiger partial charge in [-0.15, -0.1) is 0 Å². The Balaban J connectivity index is 1.33. The monoisotopic (exact) mass is 509 g/mol. The van der Waals surface area contributed by atoms with Gasteiger partial charge in [0.05, 0.1) is 16.4 Å². The van der Waals surface area contributed by atoms with Gasteiger partial charge < -0.3 is 10.6 Å². The molecule has 1 aliphatic rings. The topological polar surface area (TPSA) is 71.3 Å². The van der Waals surface area contributed by atoms with Crippen molar-refractivity contribution >= 4 is 44.9 Å². The number of halogens is 2. The number of anilines is 1. The lowest BCUT2D eigenvalue weighted by Crippen LogP contribution is -2.24. The summed E-state index contributed by atoms with van der Waals surface area (Å²) in [6.45, 7) is 1.18. The summed E-state index contributed by atoms with van der Waals surface area (Å²) in [5, 5.41) is 11.5. The highest BCUT2D eigenvalue weighted by Crippen LogP contribution is 2.30. The predicted octanol–water partition coefficient (Wildman–Crippen LogP) is 5.45. The van der Waals surface area contributed by atoms with Crippen molar-refractivity contribution in [1.29, 1.82) is 0 Å². The number of benzene rings is 2. The van der Waals surface area contributed by atoms with Crippen molar-refractivity contribution in [1.82, 2.24) is 19.9 Å². The number of hydrogen-bond acceptors (Lipinski definition) is 4. The van der Waals surface area contributed by atoms with E-state index in [1.807, 2.05) is 42.5 Å². The summed E-state index contributed by atoms with van der Waals surface area (Å²) in [7, 11) is 0. The Morgan fingerprint density at radius 1 is 1.09 bits per heavy atom. The van der Waals surface area contributed by atoms with Gasteiger partial charge in [0.1, 0.15) is 5.82 Å². The van der Waals surface area contributed by atoms with Crippen LogP contribution in [0.4, 0.5) is 5.82 Å². The Kier molecular flexibility index (Phi) is 5.85. The SMILES string of the molecule is O=C(NCc1ccc(CNc2cc(-c3ccccc3Cl)nc3c(Br)cnn23)cc1)C1CC1. The van der Waals surface area contributed by atoms with Crippen molar-refractivity contribution in [3.63, 3.8) is 0 Å². The van der Waals surface area contributed by atoms with Crippen LogP contribution in [0.25, 0.3) is 16.9 Å². The second-order valence-corrected chi connectivity index (χ2v) is 9.16. The molecule has 0 aliphatic heterocycles. The highest BCUT2D eigenvalue weighted by atomic mass is 79.9. The minimum Gasteiger partial charge on any atom is -0.366 e. The molecule has 32 heavy (non-hydrogen) atoms. The van der Waals surface area contributed by atoms with Crippen LogP contribution in [-0.4, -0.2) is 20.5 Å². The molecule has 6 nitrogen and oxygen atoms in total. The molecule has 1 amide bonds. The van der Waals surface area contributed by atoms with Gasteiger partial charge in [0.2, 0.25) is 5.91 Å². The van der Waals surface area contributed by atoms with Crippen molar-refractivity contribution < 1.29 is 4.79 Å². The van der Waals surface area contributed by atoms with Gasteiger partial charge in [0, 0.05) is 35.7 Å². The minimum atomic E-state index is 0.164. The van der Waals surface area contributed by atoms with E-state index in [1.165, 1.54) is 0 Å². The van der Waals surface area contributed by atoms with Gasteiger partial charge in [0.25, 0.3) is 0 Å². The first-order valence-electron chi connectivity index (χ1n) is 10.5. The number of aromatic nitrogens is 3. The lowest BCUT2D eigenvalue weighted by Gasteiger charge is -2.12. The first-order chi connectivity index (χ1) is 15.6. The largest absolute Gasteiger partial charge is 0.366 e. The Labute approximate surface area is 199 Å². The van der Waals surface area contributed by atoms with E-state index in [4.69, 9.17) is 16.6 Å². The number of rotatable bonds is 7. The molecule has 1 aliphatic carbocycles. The van der Waals surface area contributed by atoms with Gasteiger partial charge in [-0.3, -0.25) is 4.79 Å². The first kappa shape index (κ1) is 21.0. The van der Waals surface area contributed by atoms with Crippen LogP contribution < -0.4 is 10.6 Å². The summed E-state index contributed by atoms with van der Waals surface area (Å²) < 4.78 is 2.58. The summed E-state index contributed by atoms with van der Waals surface area (Å²) in [5.41, 5.74) is 4.56. The quantitative estimate of drug-likeness (QED) is 0.347. The van der Waals surface area contributed by atoms with Gasteiger partial charge in [-0.2, -0.15) is 9.61 Å². The van der Waals surface area contributed by atoms with E-state index in [1.54, 1.807) is 10.7 Å². The Hall–Kier alpha value is -2.90. The first-order valence-corrected chi connectivity index (χ1v) is 11.6. The highest BCUT2D eigenvalue weighted by Gasteiger charge is 2.29. The fourth-order valence-electron chi connectivity index (χ4n) is 3.52. The summed E-state index contributed by atoms with van der Waals surface area (Å²) in [4.78, 5) is 16.6. The van der Waals surface area contributed by atoms with E-state index >= 15 is 0 Å². The fraction of sp³-hybridized carbons (Fsp3) is 0.208. The fourth-order valence-corrected chi connectivity index (χ4v) is 4.10. The molecule has 0 radical (unpaired) electrons. The maximum atomic E-state index is 11.8. The van der Waals surface area contributed by atoms with Gasteiger partial charge in [-0.05, 0) is 46.0 Å². The Morgan fingerprint density at radius 2 is 1.81 bits per heavy atom. The summed E-state index contributed by atoms with van der Waals surface area (Å²) in [5.74, 6) is 1.21. The lowest BCUT2D eigenvalue weighted by molar-refractivity contribution is -0.122. The molecule has 162 valence electrons. The highest BCUT2D eigenvalue weighted by molar-refractivity contribution is 9.10. The molecule has 0 bridgehead atoms. The summed E-state index contributed by atoms with van der Waals surface area (Å²) in [6.07, 6.45) is 3.77. The third kappa shape index (κ3) is 4.49. The van der Waals surface area contributed by atoms with E-state index in [2.05, 4.69) is 43.8 Å².